The summed E-state index contributed by atoms with van der Waals surface area (Å²) in [5.74, 6) is 0.893. The lowest BCUT2D eigenvalue weighted by Gasteiger charge is -2.19. The number of fused-ring (bicyclic) bond motifs is 3. The van der Waals surface area contributed by atoms with E-state index in [1.54, 1.807) is 25.1 Å². The molecule has 0 bridgehead atoms. The van der Waals surface area contributed by atoms with Crippen molar-refractivity contribution >= 4 is 5.97 Å². The highest BCUT2D eigenvalue weighted by Gasteiger charge is 2.36. The highest BCUT2D eigenvalue weighted by Crippen LogP contribution is 2.41. The van der Waals surface area contributed by atoms with Gasteiger partial charge in [0, 0.05) is 12.0 Å². The molecule has 1 aliphatic rings. The van der Waals surface area contributed by atoms with Gasteiger partial charge in [0.15, 0.2) is 0 Å². The lowest BCUT2D eigenvalue weighted by atomic mass is 10.0. The number of benzene rings is 3. The first kappa shape index (κ1) is 28.1. The first-order valence-corrected chi connectivity index (χ1v) is 13.3. The van der Waals surface area contributed by atoms with E-state index >= 15 is 8.78 Å². The highest BCUT2D eigenvalue weighted by atomic mass is 19.3. The van der Waals surface area contributed by atoms with Gasteiger partial charge in [0.2, 0.25) is 0 Å². The Morgan fingerprint density at radius 1 is 0.821 bits per heavy atom. The maximum absolute atomic E-state index is 15.1. The fourth-order valence-electron chi connectivity index (χ4n) is 4.35. The fraction of sp³-hybridized carbons (Fsp3) is 0.344. The Kier molecular flexibility index (Phi) is 9.23. The van der Waals surface area contributed by atoms with Gasteiger partial charge in [-0.15, -0.1) is 0 Å². The normalized spacial score (nSPS) is 11.9. The van der Waals surface area contributed by atoms with Crippen molar-refractivity contribution in [1.29, 1.82) is 0 Å². The maximum atomic E-state index is 15.1. The topological polar surface area (TPSA) is 54.0 Å². The van der Waals surface area contributed by atoms with Crippen LogP contribution in [0.3, 0.4) is 0 Å². The monoisotopic (exact) mass is 536 g/mol. The molecule has 0 amide bonds. The third-order valence-electron chi connectivity index (χ3n) is 6.41. The number of hydrogen-bond donors (Lipinski definition) is 0. The van der Waals surface area contributed by atoms with Crippen LogP contribution in [0.1, 0.15) is 56.2 Å². The number of ether oxygens (including phenoxy) is 4. The van der Waals surface area contributed by atoms with E-state index in [1.165, 1.54) is 24.3 Å². The van der Waals surface area contributed by atoms with Gasteiger partial charge in [-0.25, -0.2) is 4.79 Å². The van der Waals surface area contributed by atoms with Crippen molar-refractivity contribution in [3.8, 4) is 28.4 Å². The molecule has 1 aliphatic carbocycles. The number of hydrogen-bond acceptors (Lipinski definition) is 5. The smallest absolute Gasteiger partial charge is 0.426 e. The van der Waals surface area contributed by atoms with Gasteiger partial charge >= 0.3 is 12.1 Å². The van der Waals surface area contributed by atoms with E-state index in [1.807, 2.05) is 18.2 Å². The Labute approximate surface area is 228 Å². The maximum Gasteiger partial charge on any atom is 0.426 e. The third-order valence-corrected chi connectivity index (χ3v) is 6.41. The summed E-state index contributed by atoms with van der Waals surface area (Å²) in [6, 6.07) is 16.6. The van der Waals surface area contributed by atoms with Crippen molar-refractivity contribution in [2.24, 2.45) is 0 Å². The van der Waals surface area contributed by atoms with Crippen molar-refractivity contribution in [2.45, 2.75) is 52.1 Å². The highest BCUT2D eigenvalue weighted by molar-refractivity contribution is 5.86. The van der Waals surface area contributed by atoms with Crippen molar-refractivity contribution in [2.75, 3.05) is 19.8 Å². The number of esters is 1. The average Bonchev–Trinajstić information content (AvgIpc) is 3.28. The molecule has 0 saturated heterocycles. The van der Waals surface area contributed by atoms with Crippen LogP contribution < -0.4 is 14.2 Å². The lowest BCUT2D eigenvalue weighted by molar-refractivity contribution is -0.185. The molecule has 0 saturated carbocycles. The van der Waals surface area contributed by atoms with Crippen molar-refractivity contribution in [3.63, 3.8) is 0 Å². The summed E-state index contributed by atoms with van der Waals surface area (Å²) in [6.07, 6.45) is 0.828. The van der Waals surface area contributed by atoms with E-state index in [0.717, 1.165) is 47.3 Å². The second kappa shape index (κ2) is 12.8. The first-order valence-electron chi connectivity index (χ1n) is 13.3. The summed E-state index contributed by atoms with van der Waals surface area (Å²) in [5, 5.41) is 0. The number of alkyl halides is 2. The SMILES string of the molecule is C=C(C)C(=O)OCCCOc1ccc(OC(F)(F)c2ccc3c(c2)Cc2cc(OCCCCC)ccc2-3)cc1. The predicted molar refractivity (Wildman–Crippen MR) is 147 cm³/mol. The number of carbonyl (C=O) groups excluding carboxylic acids is 1. The van der Waals surface area contributed by atoms with Gasteiger partial charge in [-0.3, -0.25) is 0 Å². The summed E-state index contributed by atoms with van der Waals surface area (Å²) in [5.41, 5.74) is 4.06. The summed E-state index contributed by atoms with van der Waals surface area (Å²) in [6.45, 7) is 8.44. The van der Waals surface area contributed by atoms with Crippen LogP contribution >= 0.6 is 0 Å². The summed E-state index contributed by atoms with van der Waals surface area (Å²) < 4.78 is 51.7. The predicted octanol–water partition coefficient (Wildman–Crippen LogP) is 7.84. The van der Waals surface area contributed by atoms with Crippen LogP contribution in [0.25, 0.3) is 11.1 Å². The number of rotatable bonds is 14. The second-order valence-electron chi connectivity index (χ2n) is 9.63. The molecule has 5 nitrogen and oxygen atoms in total. The van der Waals surface area contributed by atoms with Gasteiger partial charge in [0.05, 0.1) is 25.4 Å². The minimum absolute atomic E-state index is 0.0244. The van der Waals surface area contributed by atoms with Gasteiger partial charge in [-0.1, -0.05) is 38.5 Å². The fourth-order valence-corrected chi connectivity index (χ4v) is 4.35. The zero-order valence-corrected chi connectivity index (χ0v) is 22.4. The first-order chi connectivity index (χ1) is 18.8. The molecule has 0 radical (unpaired) electrons. The molecule has 0 aliphatic heterocycles. The molecule has 0 aromatic heterocycles. The third kappa shape index (κ3) is 7.37. The molecule has 3 aromatic carbocycles. The molecular formula is C32H34F2O5. The molecular weight excluding hydrogens is 502 g/mol. The van der Waals surface area contributed by atoms with Gasteiger partial charge < -0.3 is 18.9 Å². The van der Waals surface area contributed by atoms with Crippen LogP contribution in [0.4, 0.5) is 8.78 Å². The largest absolute Gasteiger partial charge is 0.494 e. The molecule has 0 atom stereocenters. The second-order valence-corrected chi connectivity index (χ2v) is 9.63. The van der Waals surface area contributed by atoms with Gasteiger partial charge in [-0.2, -0.15) is 8.78 Å². The molecule has 7 heteroatoms. The quantitative estimate of drug-likeness (QED) is 0.0933. The molecule has 0 unspecified atom stereocenters. The van der Waals surface area contributed by atoms with E-state index in [0.29, 0.717) is 37.4 Å². The van der Waals surface area contributed by atoms with Crippen LogP contribution in [0.5, 0.6) is 17.2 Å². The molecule has 3 aromatic rings. The van der Waals surface area contributed by atoms with Gasteiger partial charge in [0.1, 0.15) is 17.2 Å². The molecule has 0 N–H and O–H groups in total. The van der Waals surface area contributed by atoms with Crippen molar-refractivity contribution in [3.05, 3.63) is 89.5 Å². The van der Waals surface area contributed by atoms with Crippen LogP contribution in [0.15, 0.2) is 72.8 Å². The molecule has 0 spiro atoms. The Morgan fingerprint density at radius 2 is 1.44 bits per heavy atom. The minimum Gasteiger partial charge on any atom is -0.494 e. The van der Waals surface area contributed by atoms with Crippen LogP contribution in [0.2, 0.25) is 0 Å². The van der Waals surface area contributed by atoms with E-state index in [4.69, 9.17) is 18.9 Å². The average molecular weight is 537 g/mol. The zero-order chi connectivity index (χ0) is 27.8. The lowest BCUT2D eigenvalue weighted by Crippen LogP contribution is -2.22. The summed E-state index contributed by atoms with van der Waals surface area (Å²) in [4.78, 5) is 11.4. The van der Waals surface area contributed by atoms with Gasteiger partial charge in [-0.05, 0) is 90.6 Å². The number of unbranched alkanes of at least 4 members (excludes halogenated alkanes) is 2. The van der Waals surface area contributed by atoms with Crippen LogP contribution in [-0.2, 0) is 22.1 Å². The molecule has 0 fully saturated rings. The minimum atomic E-state index is -3.51. The van der Waals surface area contributed by atoms with Crippen LogP contribution in [-0.4, -0.2) is 25.8 Å². The van der Waals surface area contributed by atoms with E-state index in [9.17, 15) is 4.79 Å². The summed E-state index contributed by atoms with van der Waals surface area (Å²) >= 11 is 0. The Hall–Kier alpha value is -3.87. The zero-order valence-electron chi connectivity index (χ0n) is 22.4. The molecule has 39 heavy (non-hydrogen) atoms. The Morgan fingerprint density at radius 3 is 2.15 bits per heavy atom. The van der Waals surface area contributed by atoms with Crippen molar-refractivity contribution in [1.82, 2.24) is 0 Å². The Bertz CT molecular complexity index is 1300. The standard InChI is InChI=1S/C32H34F2O5/c1-4-5-6-16-37-28-13-15-30-24(21-28)19-23-20-25(8-14-29(23)30)32(33,34)39-27-11-9-26(10-12-27)36-17-7-18-38-31(35)22(2)3/h8-15,20-21H,2,4-7,16-19H2,1,3H3. The van der Waals surface area contributed by atoms with E-state index in [-0.39, 0.29) is 17.9 Å². The molecule has 4 rings (SSSR count). The van der Waals surface area contributed by atoms with E-state index in [2.05, 4.69) is 13.5 Å². The Balaban J connectivity index is 1.32. The van der Waals surface area contributed by atoms with Crippen LogP contribution in [0, 0.1) is 0 Å². The van der Waals surface area contributed by atoms with Gasteiger partial charge in [0.25, 0.3) is 0 Å². The van der Waals surface area contributed by atoms with E-state index < -0.39 is 12.1 Å². The summed E-state index contributed by atoms with van der Waals surface area (Å²) in [7, 11) is 0. The molecule has 206 valence electrons. The number of halogens is 2. The number of carbonyl (C=O) groups is 1. The molecule has 0 heterocycles. The van der Waals surface area contributed by atoms with Crippen molar-refractivity contribution < 1.29 is 32.5 Å².